The largest absolute Gasteiger partial charge is 0.495 e. The summed E-state index contributed by atoms with van der Waals surface area (Å²) in [6, 6.07) is 4.27. The van der Waals surface area contributed by atoms with Crippen LogP contribution in [0.25, 0.3) is 10.9 Å². The molecule has 0 aliphatic heterocycles. The first-order valence-electron chi connectivity index (χ1n) is 6.82. The molecule has 0 N–H and O–H groups in total. The molecule has 1 heterocycles. The highest BCUT2D eigenvalue weighted by Gasteiger charge is 2.28. The van der Waals surface area contributed by atoms with Gasteiger partial charge in [-0.1, -0.05) is 6.92 Å². The number of aromatic nitrogens is 2. The van der Waals surface area contributed by atoms with Gasteiger partial charge in [0.2, 0.25) is 0 Å². The first-order valence-corrected chi connectivity index (χ1v) is 7.62. The van der Waals surface area contributed by atoms with Gasteiger partial charge in [-0.15, -0.1) is 0 Å². The second-order valence-electron chi connectivity index (χ2n) is 5.48. The molecule has 0 bridgehead atoms. The summed E-state index contributed by atoms with van der Waals surface area (Å²) < 4.78 is 8.25. The molecular formula is C15H17BrN2O2. The number of Topliss-reactive ketones (excluding diaryl/α,β-unsaturated/α-hetero) is 1. The highest BCUT2D eigenvalue weighted by Crippen LogP contribution is 2.34. The molecule has 2 atom stereocenters. The van der Waals surface area contributed by atoms with Crippen LogP contribution in [0.15, 0.2) is 22.8 Å². The number of hydrogen-bond donors (Lipinski definition) is 0. The van der Waals surface area contributed by atoms with Crippen LogP contribution in [-0.2, 0) is 4.79 Å². The second-order valence-corrected chi connectivity index (χ2v) is 6.34. The first-order chi connectivity index (χ1) is 9.58. The number of ketones is 1. The summed E-state index contributed by atoms with van der Waals surface area (Å²) in [5.41, 5.74) is 0.925. The van der Waals surface area contributed by atoms with E-state index in [1.807, 2.05) is 16.8 Å². The Hall–Kier alpha value is -1.36. The van der Waals surface area contributed by atoms with E-state index in [-0.39, 0.29) is 0 Å². The Morgan fingerprint density at radius 1 is 1.45 bits per heavy atom. The SMILES string of the molecule is COc1cc2nn(C3CCC(=O)CC3C)cc2cc1Br. The van der Waals surface area contributed by atoms with Crippen molar-refractivity contribution in [1.82, 2.24) is 9.78 Å². The minimum atomic E-state index is 0.310. The minimum absolute atomic E-state index is 0.310. The van der Waals surface area contributed by atoms with Crippen LogP contribution < -0.4 is 4.74 Å². The van der Waals surface area contributed by atoms with Crippen LogP contribution in [0.2, 0.25) is 0 Å². The summed E-state index contributed by atoms with van der Waals surface area (Å²) in [7, 11) is 1.65. The maximum Gasteiger partial charge on any atom is 0.135 e. The topological polar surface area (TPSA) is 44.1 Å². The van der Waals surface area contributed by atoms with Crippen LogP contribution in [0.1, 0.15) is 32.2 Å². The molecule has 0 radical (unpaired) electrons. The van der Waals surface area contributed by atoms with E-state index < -0.39 is 0 Å². The zero-order valence-electron chi connectivity index (χ0n) is 11.6. The van der Waals surface area contributed by atoms with Crippen molar-refractivity contribution in [3.8, 4) is 5.75 Å². The lowest BCUT2D eigenvalue weighted by Gasteiger charge is -2.28. The quantitative estimate of drug-likeness (QED) is 0.839. The Bertz CT molecular complexity index is 665. The minimum Gasteiger partial charge on any atom is -0.495 e. The number of fused-ring (bicyclic) bond motifs is 1. The van der Waals surface area contributed by atoms with E-state index in [4.69, 9.17) is 4.74 Å². The van der Waals surface area contributed by atoms with Gasteiger partial charge in [0.05, 0.1) is 23.1 Å². The van der Waals surface area contributed by atoms with Crippen molar-refractivity contribution >= 4 is 32.6 Å². The lowest BCUT2D eigenvalue weighted by atomic mass is 9.85. The van der Waals surface area contributed by atoms with E-state index in [2.05, 4.69) is 34.1 Å². The van der Waals surface area contributed by atoms with Crippen molar-refractivity contribution in [1.29, 1.82) is 0 Å². The molecule has 1 aliphatic carbocycles. The third-order valence-electron chi connectivity index (χ3n) is 4.06. The molecule has 1 saturated carbocycles. The lowest BCUT2D eigenvalue weighted by Crippen LogP contribution is -2.26. The summed E-state index contributed by atoms with van der Waals surface area (Å²) in [6.07, 6.45) is 4.27. The number of benzene rings is 1. The van der Waals surface area contributed by atoms with E-state index in [9.17, 15) is 4.79 Å². The predicted octanol–water partition coefficient (Wildman–Crippen LogP) is 3.74. The second kappa shape index (κ2) is 5.20. The normalized spacial score (nSPS) is 23.2. The van der Waals surface area contributed by atoms with Crippen LogP contribution >= 0.6 is 15.9 Å². The number of ether oxygens (including phenoxy) is 1. The van der Waals surface area contributed by atoms with E-state index in [0.29, 0.717) is 30.6 Å². The van der Waals surface area contributed by atoms with E-state index >= 15 is 0 Å². The molecule has 1 fully saturated rings. The number of carbonyl (C=O) groups is 1. The monoisotopic (exact) mass is 336 g/mol. The third kappa shape index (κ3) is 2.35. The number of methoxy groups -OCH3 is 1. The highest BCUT2D eigenvalue weighted by molar-refractivity contribution is 9.10. The molecular weight excluding hydrogens is 320 g/mol. The van der Waals surface area contributed by atoms with Crippen molar-refractivity contribution in [3.63, 3.8) is 0 Å². The van der Waals surface area contributed by atoms with Crippen LogP contribution in [0, 0.1) is 5.92 Å². The van der Waals surface area contributed by atoms with Gasteiger partial charge in [0.1, 0.15) is 11.5 Å². The summed E-state index contributed by atoms with van der Waals surface area (Å²) in [5.74, 6) is 1.50. The molecule has 0 saturated heterocycles. The number of nitrogens with zero attached hydrogens (tertiary/aromatic N) is 2. The van der Waals surface area contributed by atoms with Gasteiger partial charge >= 0.3 is 0 Å². The van der Waals surface area contributed by atoms with Gasteiger partial charge in [0.15, 0.2) is 0 Å². The molecule has 5 heteroatoms. The van der Waals surface area contributed by atoms with Gasteiger partial charge in [-0.2, -0.15) is 5.10 Å². The average Bonchev–Trinajstić information content (AvgIpc) is 2.79. The van der Waals surface area contributed by atoms with Crippen LogP contribution in [0.4, 0.5) is 0 Å². The molecule has 2 unspecified atom stereocenters. The van der Waals surface area contributed by atoms with E-state index in [0.717, 1.165) is 27.5 Å². The fourth-order valence-electron chi connectivity index (χ4n) is 2.95. The number of carbonyl (C=O) groups excluding carboxylic acids is 1. The molecule has 0 spiro atoms. The third-order valence-corrected chi connectivity index (χ3v) is 4.68. The number of hydrogen-bond acceptors (Lipinski definition) is 3. The van der Waals surface area contributed by atoms with Gasteiger partial charge in [-0.3, -0.25) is 9.48 Å². The average molecular weight is 337 g/mol. The standard InChI is InChI=1S/C15H17BrN2O2/c1-9-5-11(19)3-4-14(9)18-8-10-6-12(16)15(20-2)7-13(10)17-18/h6-9,14H,3-5H2,1-2H3. The van der Waals surface area contributed by atoms with Crippen LogP contribution in [0.3, 0.4) is 0 Å². The van der Waals surface area contributed by atoms with Crippen molar-refractivity contribution in [2.75, 3.05) is 7.11 Å². The molecule has 20 heavy (non-hydrogen) atoms. The molecule has 4 nitrogen and oxygen atoms in total. The molecule has 2 aromatic rings. The van der Waals surface area contributed by atoms with Crippen molar-refractivity contribution in [2.45, 2.75) is 32.2 Å². The van der Waals surface area contributed by atoms with Gasteiger partial charge in [-0.25, -0.2) is 0 Å². The zero-order chi connectivity index (χ0) is 14.3. The Balaban J connectivity index is 1.98. The molecule has 0 amide bonds. The number of rotatable bonds is 2. The molecule has 1 aromatic carbocycles. The van der Waals surface area contributed by atoms with Crippen molar-refractivity contribution in [3.05, 3.63) is 22.8 Å². The number of halogens is 1. The summed E-state index contributed by atoms with van der Waals surface area (Å²) >= 11 is 3.50. The fraction of sp³-hybridized carbons (Fsp3) is 0.467. The molecule has 106 valence electrons. The summed E-state index contributed by atoms with van der Waals surface area (Å²) in [4.78, 5) is 11.5. The van der Waals surface area contributed by atoms with Crippen molar-refractivity contribution in [2.24, 2.45) is 5.92 Å². The first kappa shape index (κ1) is 13.6. The smallest absolute Gasteiger partial charge is 0.135 e. The Morgan fingerprint density at radius 2 is 2.25 bits per heavy atom. The predicted molar refractivity (Wildman–Crippen MR) is 81.0 cm³/mol. The maximum absolute atomic E-state index is 11.5. The molecule has 1 aromatic heterocycles. The Kier molecular flexibility index (Phi) is 3.54. The van der Waals surface area contributed by atoms with Gasteiger partial charge < -0.3 is 4.74 Å². The van der Waals surface area contributed by atoms with Gasteiger partial charge in [-0.05, 0) is 34.3 Å². The van der Waals surface area contributed by atoms with Crippen LogP contribution in [-0.4, -0.2) is 22.7 Å². The Labute approximate surface area is 126 Å². The lowest BCUT2D eigenvalue weighted by molar-refractivity contribution is -0.122. The van der Waals surface area contributed by atoms with E-state index in [1.165, 1.54) is 0 Å². The highest BCUT2D eigenvalue weighted by atomic mass is 79.9. The van der Waals surface area contributed by atoms with Gasteiger partial charge in [0, 0.05) is 30.5 Å². The van der Waals surface area contributed by atoms with Gasteiger partial charge in [0.25, 0.3) is 0 Å². The summed E-state index contributed by atoms with van der Waals surface area (Å²) in [6.45, 7) is 2.13. The van der Waals surface area contributed by atoms with E-state index in [1.54, 1.807) is 7.11 Å². The Morgan fingerprint density at radius 3 is 2.95 bits per heavy atom. The maximum atomic E-state index is 11.5. The summed E-state index contributed by atoms with van der Waals surface area (Å²) in [5, 5.41) is 5.75. The fourth-order valence-corrected chi connectivity index (χ4v) is 3.48. The zero-order valence-corrected chi connectivity index (χ0v) is 13.2. The molecule has 1 aliphatic rings. The molecule has 3 rings (SSSR count). The van der Waals surface area contributed by atoms with Crippen LogP contribution in [0.5, 0.6) is 5.75 Å². The van der Waals surface area contributed by atoms with Crippen molar-refractivity contribution < 1.29 is 9.53 Å².